The Morgan fingerprint density at radius 1 is 1.50 bits per heavy atom. The molecule has 66 valence electrons. The summed E-state index contributed by atoms with van der Waals surface area (Å²) in [5.41, 5.74) is 5.67. The normalized spacial score (nSPS) is 18.8. The van der Waals surface area contributed by atoms with Crippen molar-refractivity contribution in [1.82, 2.24) is 9.78 Å². The Morgan fingerprint density at radius 2 is 2.17 bits per heavy atom. The van der Waals surface area contributed by atoms with E-state index in [-0.39, 0.29) is 0 Å². The van der Waals surface area contributed by atoms with Gasteiger partial charge in [0, 0.05) is 6.20 Å². The van der Waals surface area contributed by atoms with Gasteiger partial charge in [0.2, 0.25) is 0 Å². The van der Waals surface area contributed by atoms with Gasteiger partial charge >= 0.3 is 0 Å². The molecule has 1 saturated carbocycles. The highest BCUT2D eigenvalue weighted by Gasteiger charge is 2.18. The van der Waals surface area contributed by atoms with Crippen LogP contribution in [0.25, 0.3) is 0 Å². The molecule has 0 unspecified atom stereocenters. The minimum atomic E-state index is 0.607. The van der Waals surface area contributed by atoms with Crippen molar-refractivity contribution in [3.63, 3.8) is 0 Å². The monoisotopic (exact) mass is 277 g/mol. The molecule has 0 spiro atoms. The highest BCUT2D eigenvalue weighted by Crippen LogP contribution is 2.29. The van der Waals surface area contributed by atoms with Crippen LogP contribution in [0.15, 0.2) is 6.20 Å². The number of nitrogen functional groups attached to an aromatic ring is 1. The molecule has 1 aliphatic carbocycles. The first kappa shape index (κ1) is 8.34. The lowest BCUT2D eigenvalue weighted by molar-refractivity contribution is 0.468. The topological polar surface area (TPSA) is 43.8 Å². The van der Waals surface area contributed by atoms with Gasteiger partial charge in [-0.25, -0.2) is 0 Å². The minimum absolute atomic E-state index is 0.607. The van der Waals surface area contributed by atoms with Gasteiger partial charge in [-0.2, -0.15) is 5.10 Å². The number of hydrogen-bond acceptors (Lipinski definition) is 2. The van der Waals surface area contributed by atoms with Gasteiger partial charge in [0.1, 0.15) is 0 Å². The van der Waals surface area contributed by atoms with Gasteiger partial charge in [-0.15, -0.1) is 0 Å². The number of halogens is 1. The van der Waals surface area contributed by atoms with Crippen molar-refractivity contribution in [2.45, 2.75) is 31.7 Å². The third kappa shape index (κ3) is 1.44. The number of hydrogen-bond donors (Lipinski definition) is 1. The standard InChI is InChI=1S/C8H12IN3/c9-7-5-12(11-8(7)10)6-3-1-2-4-6/h5-6H,1-4H2,(H2,10,11). The molecule has 0 atom stereocenters. The van der Waals surface area contributed by atoms with Crippen LogP contribution in [0.2, 0.25) is 0 Å². The summed E-state index contributed by atoms with van der Waals surface area (Å²) in [6.45, 7) is 0. The molecule has 0 saturated heterocycles. The highest BCUT2D eigenvalue weighted by atomic mass is 127. The molecule has 2 rings (SSSR count). The average Bonchev–Trinajstić information content (AvgIpc) is 2.61. The lowest BCUT2D eigenvalue weighted by Gasteiger charge is -2.07. The van der Waals surface area contributed by atoms with Crippen molar-refractivity contribution in [2.24, 2.45) is 0 Å². The van der Waals surface area contributed by atoms with Gasteiger partial charge in [0.05, 0.1) is 9.61 Å². The fraction of sp³-hybridized carbons (Fsp3) is 0.625. The van der Waals surface area contributed by atoms with E-state index in [0.29, 0.717) is 11.9 Å². The molecule has 4 heteroatoms. The third-order valence-corrected chi connectivity index (χ3v) is 3.24. The van der Waals surface area contributed by atoms with Crippen LogP contribution in [0.3, 0.4) is 0 Å². The predicted octanol–water partition coefficient (Wildman–Crippen LogP) is 2.18. The summed E-state index contributed by atoms with van der Waals surface area (Å²) in [6, 6.07) is 0.607. The Morgan fingerprint density at radius 3 is 2.67 bits per heavy atom. The van der Waals surface area contributed by atoms with Crippen LogP contribution in [0, 0.1) is 3.57 Å². The average molecular weight is 277 g/mol. The molecule has 0 amide bonds. The lowest BCUT2D eigenvalue weighted by atomic mass is 10.3. The van der Waals surface area contributed by atoms with Crippen LogP contribution in [-0.2, 0) is 0 Å². The quantitative estimate of drug-likeness (QED) is 0.800. The van der Waals surface area contributed by atoms with Crippen LogP contribution in [0.1, 0.15) is 31.7 Å². The van der Waals surface area contributed by atoms with E-state index in [2.05, 4.69) is 27.7 Å². The van der Waals surface area contributed by atoms with Gasteiger partial charge in [0.15, 0.2) is 5.82 Å². The van der Waals surface area contributed by atoms with Crippen LogP contribution >= 0.6 is 22.6 Å². The summed E-state index contributed by atoms with van der Waals surface area (Å²) in [7, 11) is 0. The van der Waals surface area contributed by atoms with Crippen LogP contribution in [0.4, 0.5) is 5.82 Å². The highest BCUT2D eigenvalue weighted by molar-refractivity contribution is 14.1. The molecule has 12 heavy (non-hydrogen) atoms. The summed E-state index contributed by atoms with van der Waals surface area (Å²) in [6.07, 6.45) is 7.24. The van der Waals surface area contributed by atoms with Crippen molar-refractivity contribution in [2.75, 3.05) is 5.73 Å². The number of nitrogens with zero attached hydrogens (tertiary/aromatic N) is 2. The van der Waals surface area contributed by atoms with Crippen molar-refractivity contribution in [1.29, 1.82) is 0 Å². The van der Waals surface area contributed by atoms with Crippen molar-refractivity contribution in [3.05, 3.63) is 9.77 Å². The molecular weight excluding hydrogens is 265 g/mol. The van der Waals surface area contributed by atoms with E-state index in [4.69, 9.17) is 5.73 Å². The second-order valence-corrected chi connectivity index (χ2v) is 4.44. The Hall–Kier alpha value is -0.260. The molecule has 1 aliphatic rings. The first-order valence-corrected chi connectivity index (χ1v) is 5.35. The molecule has 0 bridgehead atoms. The Balaban J connectivity index is 2.21. The Labute approximate surface area is 85.5 Å². The zero-order valence-corrected chi connectivity index (χ0v) is 8.99. The molecule has 0 radical (unpaired) electrons. The summed E-state index contributed by atoms with van der Waals surface area (Å²) in [5, 5.41) is 4.28. The van der Waals surface area contributed by atoms with E-state index in [9.17, 15) is 0 Å². The molecule has 1 heterocycles. The Bertz CT molecular complexity index is 256. The molecule has 2 N–H and O–H groups in total. The Kier molecular flexibility index (Phi) is 2.25. The fourth-order valence-electron chi connectivity index (χ4n) is 1.74. The van der Waals surface area contributed by atoms with Gasteiger partial charge in [-0.05, 0) is 35.4 Å². The number of anilines is 1. The van der Waals surface area contributed by atoms with Gasteiger partial charge in [-0.1, -0.05) is 12.8 Å². The maximum absolute atomic E-state index is 5.67. The smallest absolute Gasteiger partial charge is 0.158 e. The third-order valence-electron chi connectivity index (χ3n) is 2.41. The number of aromatic nitrogens is 2. The first-order valence-electron chi connectivity index (χ1n) is 4.27. The zero-order valence-electron chi connectivity index (χ0n) is 6.83. The largest absolute Gasteiger partial charge is 0.381 e. The maximum Gasteiger partial charge on any atom is 0.158 e. The van der Waals surface area contributed by atoms with Crippen molar-refractivity contribution >= 4 is 28.4 Å². The molecule has 1 aromatic rings. The van der Waals surface area contributed by atoms with Crippen molar-refractivity contribution < 1.29 is 0 Å². The second kappa shape index (κ2) is 3.24. The van der Waals surface area contributed by atoms with Gasteiger partial charge < -0.3 is 5.73 Å². The maximum atomic E-state index is 5.67. The minimum Gasteiger partial charge on any atom is -0.381 e. The second-order valence-electron chi connectivity index (χ2n) is 3.28. The van der Waals surface area contributed by atoms with Gasteiger partial charge in [0.25, 0.3) is 0 Å². The summed E-state index contributed by atoms with van der Waals surface area (Å²) in [4.78, 5) is 0. The van der Waals surface area contributed by atoms with E-state index in [1.54, 1.807) is 0 Å². The molecule has 0 aliphatic heterocycles. The summed E-state index contributed by atoms with van der Waals surface area (Å²) >= 11 is 2.22. The molecular formula is C8H12IN3. The molecule has 1 aromatic heterocycles. The lowest BCUT2D eigenvalue weighted by Crippen LogP contribution is -2.05. The summed E-state index contributed by atoms with van der Waals surface area (Å²) < 4.78 is 3.10. The molecule has 3 nitrogen and oxygen atoms in total. The number of nitrogens with two attached hydrogens (primary N) is 1. The summed E-state index contributed by atoms with van der Waals surface area (Å²) in [5.74, 6) is 0.669. The van der Waals surface area contributed by atoms with Crippen LogP contribution < -0.4 is 5.73 Å². The van der Waals surface area contributed by atoms with E-state index in [1.807, 2.05) is 10.9 Å². The first-order chi connectivity index (χ1) is 5.77. The molecule has 0 aromatic carbocycles. The van der Waals surface area contributed by atoms with E-state index in [1.165, 1.54) is 25.7 Å². The number of rotatable bonds is 1. The van der Waals surface area contributed by atoms with E-state index < -0.39 is 0 Å². The van der Waals surface area contributed by atoms with Gasteiger partial charge in [-0.3, -0.25) is 4.68 Å². The van der Waals surface area contributed by atoms with Crippen molar-refractivity contribution in [3.8, 4) is 0 Å². The van der Waals surface area contributed by atoms with Crippen LogP contribution in [-0.4, -0.2) is 9.78 Å². The zero-order chi connectivity index (χ0) is 8.55. The fourth-order valence-corrected chi connectivity index (χ4v) is 2.13. The van der Waals surface area contributed by atoms with E-state index in [0.717, 1.165) is 3.57 Å². The predicted molar refractivity (Wildman–Crippen MR) is 56.9 cm³/mol. The SMILES string of the molecule is Nc1nn(C2CCCC2)cc1I. The molecule has 1 fully saturated rings. The van der Waals surface area contributed by atoms with Crippen LogP contribution in [0.5, 0.6) is 0 Å². The van der Waals surface area contributed by atoms with E-state index >= 15 is 0 Å².